The van der Waals surface area contributed by atoms with E-state index >= 15 is 0 Å². The molecule has 1 aromatic rings. The smallest absolute Gasteiger partial charge is 0.134 e. The molecule has 0 aliphatic carbocycles. The van der Waals surface area contributed by atoms with Crippen LogP contribution in [0.25, 0.3) is 0 Å². The lowest BCUT2D eigenvalue weighted by molar-refractivity contribution is 0.303. The highest BCUT2D eigenvalue weighted by Gasteiger charge is 2.01. The summed E-state index contributed by atoms with van der Waals surface area (Å²) in [5.41, 5.74) is 2.13. The van der Waals surface area contributed by atoms with Crippen LogP contribution in [0, 0.1) is 18.8 Å². The summed E-state index contributed by atoms with van der Waals surface area (Å²) in [7, 11) is 0. The third-order valence-electron chi connectivity index (χ3n) is 3.18. The molecule has 0 aliphatic rings. The molecule has 1 aromatic carbocycles. The van der Waals surface area contributed by atoms with Crippen LogP contribution in [-0.2, 0) is 0 Å². The van der Waals surface area contributed by atoms with Crippen molar-refractivity contribution >= 4 is 11.6 Å². The standard InChI is InChI=1S/C18H25ClO/c1-3-4-5-6-7-8-14-20-18-12-11-16(2)15-17(18)10-9-13-19/h11-12,15H,3-8,13-14H2,1-2H3. The van der Waals surface area contributed by atoms with Crippen LogP contribution in [0.15, 0.2) is 18.2 Å². The average molecular weight is 293 g/mol. The van der Waals surface area contributed by atoms with Crippen LogP contribution >= 0.6 is 11.6 Å². The van der Waals surface area contributed by atoms with Gasteiger partial charge in [-0.05, 0) is 31.0 Å². The van der Waals surface area contributed by atoms with E-state index in [0.717, 1.165) is 24.3 Å². The van der Waals surface area contributed by atoms with Gasteiger partial charge in [-0.1, -0.05) is 56.9 Å². The number of alkyl halides is 1. The molecule has 0 atom stereocenters. The number of rotatable bonds is 8. The van der Waals surface area contributed by atoms with E-state index in [0.29, 0.717) is 5.88 Å². The molecule has 0 N–H and O–H groups in total. The lowest BCUT2D eigenvalue weighted by Crippen LogP contribution is -1.99. The summed E-state index contributed by atoms with van der Waals surface area (Å²) in [5, 5.41) is 0. The van der Waals surface area contributed by atoms with Crippen molar-refractivity contribution in [2.24, 2.45) is 0 Å². The minimum atomic E-state index is 0.352. The van der Waals surface area contributed by atoms with Crippen molar-refractivity contribution in [1.82, 2.24) is 0 Å². The Balaban J connectivity index is 2.39. The number of ether oxygens (including phenoxy) is 1. The monoisotopic (exact) mass is 292 g/mol. The number of unbranched alkanes of at least 4 members (excludes halogenated alkanes) is 5. The Morgan fingerprint density at radius 3 is 2.60 bits per heavy atom. The van der Waals surface area contributed by atoms with Gasteiger partial charge in [0.05, 0.1) is 18.1 Å². The summed E-state index contributed by atoms with van der Waals surface area (Å²) in [4.78, 5) is 0. The van der Waals surface area contributed by atoms with Crippen molar-refractivity contribution in [3.05, 3.63) is 29.3 Å². The summed E-state index contributed by atoms with van der Waals surface area (Å²) in [6, 6.07) is 6.11. The van der Waals surface area contributed by atoms with Gasteiger partial charge < -0.3 is 4.74 Å². The second kappa shape index (κ2) is 10.6. The van der Waals surface area contributed by atoms with Crippen molar-refractivity contribution in [2.45, 2.75) is 52.4 Å². The number of hydrogen-bond acceptors (Lipinski definition) is 1. The maximum absolute atomic E-state index is 5.85. The molecule has 1 nitrogen and oxygen atoms in total. The van der Waals surface area contributed by atoms with Gasteiger partial charge in [-0.2, -0.15) is 0 Å². The van der Waals surface area contributed by atoms with E-state index in [1.165, 1.54) is 37.7 Å². The Hall–Kier alpha value is -1.13. The summed E-state index contributed by atoms with van der Waals surface area (Å²) in [5.74, 6) is 7.19. The zero-order valence-electron chi connectivity index (χ0n) is 12.7. The van der Waals surface area contributed by atoms with E-state index in [9.17, 15) is 0 Å². The molecule has 2 heteroatoms. The molecule has 0 saturated heterocycles. The first-order chi connectivity index (χ1) is 9.77. The number of benzene rings is 1. The number of halogens is 1. The summed E-state index contributed by atoms with van der Waals surface area (Å²) in [6.07, 6.45) is 7.64. The normalized spacial score (nSPS) is 9.95. The molecule has 110 valence electrons. The molecule has 0 unspecified atom stereocenters. The number of hydrogen-bond donors (Lipinski definition) is 0. The van der Waals surface area contributed by atoms with Crippen molar-refractivity contribution in [2.75, 3.05) is 12.5 Å². The highest BCUT2D eigenvalue weighted by molar-refractivity contribution is 6.19. The van der Waals surface area contributed by atoms with Crippen LogP contribution in [0.2, 0.25) is 0 Å². The van der Waals surface area contributed by atoms with E-state index in [-0.39, 0.29) is 0 Å². The van der Waals surface area contributed by atoms with E-state index in [1.807, 2.05) is 6.07 Å². The van der Waals surface area contributed by atoms with E-state index in [1.54, 1.807) is 0 Å². The Morgan fingerprint density at radius 1 is 1.10 bits per heavy atom. The van der Waals surface area contributed by atoms with Crippen molar-refractivity contribution in [3.63, 3.8) is 0 Å². The minimum Gasteiger partial charge on any atom is -0.492 e. The molecular formula is C18H25ClO. The van der Waals surface area contributed by atoms with Crippen LogP contribution in [-0.4, -0.2) is 12.5 Å². The van der Waals surface area contributed by atoms with Gasteiger partial charge in [-0.25, -0.2) is 0 Å². The van der Waals surface area contributed by atoms with E-state index in [2.05, 4.69) is 37.8 Å². The van der Waals surface area contributed by atoms with Gasteiger partial charge in [-0.15, -0.1) is 11.6 Å². The molecule has 0 saturated carbocycles. The van der Waals surface area contributed by atoms with E-state index < -0.39 is 0 Å². The second-order valence-electron chi connectivity index (χ2n) is 5.05. The first-order valence-corrected chi connectivity index (χ1v) is 8.09. The molecule has 0 aliphatic heterocycles. The zero-order chi connectivity index (χ0) is 14.6. The van der Waals surface area contributed by atoms with Crippen molar-refractivity contribution in [3.8, 4) is 17.6 Å². The van der Waals surface area contributed by atoms with Gasteiger partial charge in [0.15, 0.2) is 0 Å². The maximum atomic E-state index is 5.85. The van der Waals surface area contributed by atoms with Crippen molar-refractivity contribution in [1.29, 1.82) is 0 Å². The SMILES string of the molecule is CCCCCCCCOc1ccc(C)cc1C#CCCl. The Morgan fingerprint density at radius 2 is 1.85 bits per heavy atom. The fourth-order valence-corrected chi connectivity index (χ4v) is 2.13. The third-order valence-corrected chi connectivity index (χ3v) is 3.31. The van der Waals surface area contributed by atoms with Crippen LogP contribution in [0.3, 0.4) is 0 Å². The van der Waals surface area contributed by atoms with Gasteiger partial charge in [0, 0.05) is 0 Å². The van der Waals surface area contributed by atoms with Gasteiger partial charge in [0.1, 0.15) is 5.75 Å². The lowest BCUT2D eigenvalue weighted by Gasteiger charge is -2.09. The molecule has 0 spiro atoms. The van der Waals surface area contributed by atoms with Gasteiger partial charge in [0.25, 0.3) is 0 Å². The first-order valence-electron chi connectivity index (χ1n) is 7.56. The van der Waals surface area contributed by atoms with E-state index in [4.69, 9.17) is 16.3 Å². The van der Waals surface area contributed by atoms with Crippen LogP contribution in [0.1, 0.15) is 56.6 Å². The molecule has 1 rings (SSSR count). The molecule has 0 fully saturated rings. The molecule has 0 radical (unpaired) electrons. The van der Waals surface area contributed by atoms with Crippen LogP contribution < -0.4 is 4.74 Å². The van der Waals surface area contributed by atoms with Gasteiger partial charge in [-0.3, -0.25) is 0 Å². The molecule has 0 heterocycles. The van der Waals surface area contributed by atoms with Gasteiger partial charge in [0.2, 0.25) is 0 Å². The van der Waals surface area contributed by atoms with Crippen LogP contribution in [0.5, 0.6) is 5.75 Å². The first kappa shape index (κ1) is 16.9. The average Bonchev–Trinajstić information content (AvgIpc) is 2.45. The zero-order valence-corrected chi connectivity index (χ0v) is 13.4. The van der Waals surface area contributed by atoms with Gasteiger partial charge >= 0.3 is 0 Å². The summed E-state index contributed by atoms with van der Waals surface area (Å²) in [6.45, 7) is 5.07. The fourth-order valence-electron chi connectivity index (χ4n) is 2.06. The third kappa shape index (κ3) is 6.87. The highest BCUT2D eigenvalue weighted by atomic mass is 35.5. The predicted octanol–water partition coefficient (Wildman–Crippen LogP) is 5.32. The molecule has 20 heavy (non-hydrogen) atoms. The molecule has 0 amide bonds. The quantitative estimate of drug-likeness (QED) is 0.358. The highest BCUT2D eigenvalue weighted by Crippen LogP contribution is 2.19. The van der Waals surface area contributed by atoms with Crippen molar-refractivity contribution < 1.29 is 4.74 Å². The summed E-state index contributed by atoms with van der Waals surface area (Å²) >= 11 is 5.62. The molecule has 0 aromatic heterocycles. The minimum absolute atomic E-state index is 0.352. The maximum Gasteiger partial charge on any atom is 0.134 e. The fraction of sp³-hybridized carbons (Fsp3) is 0.556. The molecular weight excluding hydrogens is 268 g/mol. The Bertz CT molecular complexity index is 442. The Labute approximate surface area is 128 Å². The van der Waals surface area contributed by atoms with Crippen LogP contribution in [0.4, 0.5) is 0 Å². The topological polar surface area (TPSA) is 9.23 Å². The number of aryl methyl sites for hydroxylation is 1. The summed E-state index contributed by atoms with van der Waals surface area (Å²) < 4.78 is 5.85. The Kier molecular flexibility index (Phi) is 9.00. The largest absolute Gasteiger partial charge is 0.492 e. The second-order valence-corrected chi connectivity index (χ2v) is 5.32. The lowest BCUT2D eigenvalue weighted by atomic mass is 10.1. The molecule has 0 bridgehead atoms. The predicted molar refractivity (Wildman–Crippen MR) is 87.6 cm³/mol.